The number of imidazole rings is 1. The van der Waals surface area contributed by atoms with Crippen LogP contribution in [0.2, 0.25) is 0 Å². The summed E-state index contributed by atoms with van der Waals surface area (Å²) in [5.41, 5.74) is 4.22. The van der Waals surface area contributed by atoms with Crippen LogP contribution in [-0.2, 0) is 32.8 Å². The molecule has 0 radical (unpaired) electrons. The van der Waals surface area contributed by atoms with Crippen LogP contribution in [0.1, 0.15) is 40.5 Å². The van der Waals surface area contributed by atoms with E-state index in [0.29, 0.717) is 23.9 Å². The molecule has 4 rings (SSSR count). The highest BCUT2D eigenvalue weighted by Crippen LogP contribution is 2.17. The molecule has 2 aromatic carbocycles. The fourth-order valence-corrected chi connectivity index (χ4v) is 3.52. The Hall–Kier alpha value is -3.68. The third-order valence-corrected chi connectivity index (χ3v) is 5.29. The summed E-state index contributed by atoms with van der Waals surface area (Å²) in [4.78, 5) is 8.56. The van der Waals surface area contributed by atoms with E-state index in [1.807, 2.05) is 71.3 Å². The number of benzene rings is 2. The van der Waals surface area contributed by atoms with Crippen LogP contribution >= 0.6 is 0 Å². The molecule has 0 aliphatic carbocycles. The lowest BCUT2D eigenvalue weighted by Gasteiger charge is -2.08. The van der Waals surface area contributed by atoms with Gasteiger partial charge in [0.25, 0.3) is 0 Å². The van der Waals surface area contributed by atoms with Crippen LogP contribution in [0, 0.1) is 0 Å². The third kappa shape index (κ3) is 6.19. The van der Waals surface area contributed by atoms with E-state index in [2.05, 4.69) is 9.97 Å². The topological polar surface area (TPSA) is 93.5 Å². The van der Waals surface area contributed by atoms with Gasteiger partial charge in [0.05, 0.1) is 30.9 Å². The summed E-state index contributed by atoms with van der Waals surface area (Å²) in [6.07, 6.45) is 8.85. The number of aliphatic hydroxyl groups is 2. The van der Waals surface area contributed by atoms with Gasteiger partial charge in [-0.1, -0.05) is 42.5 Å². The molecule has 0 fully saturated rings. The smallest absolute Gasteiger partial charge is 0.218 e. The molecule has 0 atom stereocenters. The lowest BCUT2D eigenvalue weighted by Crippen LogP contribution is -2.05. The fourth-order valence-electron chi connectivity index (χ4n) is 3.52. The average Bonchev–Trinajstić information content (AvgIpc) is 3.49. The number of hydrogen-bond acceptors (Lipinski definition) is 6. The largest absolute Gasteiger partial charge is 0.487 e. The van der Waals surface area contributed by atoms with Gasteiger partial charge in [-0.15, -0.1) is 0 Å². The molecule has 0 aliphatic rings. The number of oxazole rings is 1. The molecule has 0 saturated heterocycles. The molecule has 0 aliphatic heterocycles. The standard InChI is InChI=1S/C26H27N3O4/c30-15-24-25(16-31)29(19-27-24)14-4-7-21-8-11-23(12-9-21)32-17-22-18-33-26(28-22)13-10-20-5-2-1-3-6-20/h1-3,5-6,8-13,18-19,30-31H,4,7,14-17H2. The van der Waals surface area contributed by atoms with Gasteiger partial charge in [0.1, 0.15) is 24.3 Å². The molecule has 0 unspecified atom stereocenters. The summed E-state index contributed by atoms with van der Waals surface area (Å²) in [6.45, 7) is 0.775. The van der Waals surface area contributed by atoms with Crippen LogP contribution in [0.25, 0.3) is 12.2 Å². The summed E-state index contributed by atoms with van der Waals surface area (Å²) in [6, 6.07) is 18.0. The van der Waals surface area contributed by atoms with Crippen LogP contribution in [0.15, 0.2) is 71.6 Å². The van der Waals surface area contributed by atoms with E-state index >= 15 is 0 Å². The highest BCUT2D eigenvalue weighted by atomic mass is 16.5. The van der Waals surface area contributed by atoms with Gasteiger partial charge in [-0.05, 0) is 42.2 Å². The number of aryl methyl sites for hydroxylation is 2. The van der Waals surface area contributed by atoms with Crippen LogP contribution < -0.4 is 4.74 Å². The van der Waals surface area contributed by atoms with E-state index < -0.39 is 0 Å². The van der Waals surface area contributed by atoms with Gasteiger partial charge < -0.3 is 23.9 Å². The highest BCUT2D eigenvalue weighted by molar-refractivity contribution is 5.65. The number of aromatic nitrogens is 3. The molecule has 0 spiro atoms. The second-order valence-electron chi connectivity index (χ2n) is 7.60. The molecule has 7 nitrogen and oxygen atoms in total. The summed E-state index contributed by atoms with van der Waals surface area (Å²) in [7, 11) is 0. The summed E-state index contributed by atoms with van der Waals surface area (Å²) in [5.74, 6) is 1.31. The lowest BCUT2D eigenvalue weighted by atomic mass is 10.1. The van der Waals surface area contributed by atoms with Gasteiger partial charge in [-0.3, -0.25) is 0 Å². The number of hydrogen-bond donors (Lipinski definition) is 2. The second kappa shape index (κ2) is 11.3. The van der Waals surface area contributed by atoms with Crippen LogP contribution in [0.4, 0.5) is 0 Å². The molecule has 7 heteroatoms. The Morgan fingerprint density at radius 3 is 2.55 bits per heavy atom. The Labute approximate surface area is 192 Å². The first-order valence-corrected chi connectivity index (χ1v) is 10.9. The van der Waals surface area contributed by atoms with E-state index in [-0.39, 0.29) is 13.2 Å². The fraction of sp³-hybridized carbons (Fsp3) is 0.231. The minimum atomic E-state index is -0.162. The summed E-state index contributed by atoms with van der Waals surface area (Å²) >= 11 is 0. The van der Waals surface area contributed by atoms with Crippen LogP contribution in [0.5, 0.6) is 5.75 Å². The van der Waals surface area contributed by atoms with Gasteiger partial charge in [0.15, 0.2) is 0 Å². The Morgan fingerprint density at radius 1 is 0.970 bits per heavy atom. The quantitative estimate of drug-likeness (QED) is 0.359. The van der Waals surface area contributed by atoms with Crippen molar-refractivity contribution in [2.75, 3.05) is 0 Å². The first-order chi connectivity index (χ1) is 16.2. The number of nitrogens with zero attached hydrogens (tertiary/aromatic N) is 3. The molecule has 2 N–H and O–H groups in total. The average molecular weight is 446 g/mol. The van der Waals surface area contributed by atoms with E-state index in [4.69, 9.17) is 9.15 Å². The van der Waals surface area contributed by atoms with Gasteiger partial charge in [-0.2, -0.15) is 0 Å². The highest BCUT2D eigenvalue weighted by Gasteiger charge is 2.09. The number of rotatable bonds is 11. The van der Waals surface area contributed by atoms with Crippen molar-refractivity contribution in [1.82, 2.24) is 14.5 Å². The monoisotopic (exact) mass is 445 g/mol. The van der Waals surface area contributed by atoms with Gasteiger partial charge in [0.2, 0.25) is 5.89 Å². The zero-order valence-electron chi connectivity index (χ0n) is 18.3. The van der Waals surface area contributed by atoms with Crippen molar-refractivity contribution in [1.29, 1.82) is 0 Å². The van der Waals surface area contributed by atoms with Crippen molar-refractivity contribution >= 4 is 12.2 Å². The molecule has 170 valence electrons. The Kier molecular flexibility index (Phi) is 7.68. The van der Waals surface area contributed by atoms with Crippen molar-refractivity contribution in [3.8, 4) is 5.75 Å². The van der Waals surface area contributed by atoms with Crippen molar-refractivity contribution < 1.29 is 19.4 Å². The lowest BCUT2D eigenvalue weighted by molar-refractivity contribution is 0.250. The predicted molar refractivity (Wildman–Crippen MR) is 125 cm³/mol. The first kappa shape index (κ1) is 22.5. The van der Waals surface area contributed by atoms with Crippen LogP contribution in [0.3, 0.4) is 0 Å². The van der Waals surface area contributed by atoms with E-state index in [0.717, 1.165) is 36.4 Å². The zero-order chi connectivity index (χ0) is 22.9. The molecule has 33 heavy (non-hydrogen) atoms. The Bertz CT molecular complexity index is 1160. The van der Waals surface area contributed by atoms with Gasteiger partial charge in [-0.25, -0.2) is 9.97 Å². The van der Waals surface area contributed by atoms with E-state index in [1.165, 1.54) is 5.56 Å². The third-order valence-electron chi connectivity index (χ3n) is 5.29. The van der Waals surface area contributed by atoms with Gasteiger partial charge >= 0.3 is 0 Å². The summed E-state index contributed by atoms with van der Waals surface area (Å²) < 4.78 is 13.2. The molecule has 0 bridgehead atoms. The van der Waals surface area contributed by atoms with Crippen molar-refractivity contribution in [3.63, 3.8) is 0 Å². The van der Waals surface area contributed by atoms with Crippen molar-refractivity contribution in [3.05, 3.63) is 101 Å². The zero-order valence-corrected chi connectivity index (χ0v) is 18.3. The maximum absolute atomic E-state index is 9.47. The minimum Gasteiger partial charge on any atom is -0.487 e. The Morgan fingerprint density at radius 2 is 1.79 bits per heavy atom. The number of ether oxygens (including phenoxy) is 1. The normalized spacial score (nSPS) is 11.3. The maximum atomic E-state index is 9.47. The van der Waals surface area contributed by atoms with Gasteiger partial charge in [0, 0.05) is 12.6 Å². The molecule has 0 saturated carbocycles. The maximum Gasteiger partial charge on any atom is 0.218 e. The molecular weight excluding hydrogens is 418 g/mol. The molecule has 2 heterocycles. The van der Waals surface area contributed by atoms with Crippen LogP contribution in [-0.4, -0.2) is 24.7 Å². The van der Waals surface area contributed by atoms with Crippen molar-refractivity contribution in [2.24, 2.45) is 0 Å². The molecular formula is C26H27N3O4. The molecule has 2 aromatic heterocycles. The molecule has 4 aromatic rings. The second-order valence-corrected chi connectivity index (χ2v) is 7.60. The minimum absolute atomic E-state index is 0.127. The summed E-state index contributed by atoms with van der Waals surface area (Å²) in [5, 5.41) is 18.7. The first-order valence-electron chi connectivity index (χ1n) is 10.9. The van der Waals surface area contributed by atoms with Crippen molar-refractivity contribution in [2.45, 2.75) is 39.2 Å². The Balaban J connectivity index is 1.23. The molecule has 0 amide bonds. The SMILES string of the molecule is OCc1ncn(CCCc2ccc(OCc3coc(C=Cc4ccccc4)n3)cc2)c1CO. The van der Waals surface area contributed by atoms with E-state index in [1.54, 1.807) is 12.6 Å². The predicted octanol–water partition coefficient (Wildman–Crippen LogP) is 4.24. The van der Waals surface area contributed by atoms with E-state index in [9.17, 15) is 10.2 Å². The number of aliphatic hydroxyl groups excluding tert-OH is 2.